The Labute approximate surface area is 155 Å². The van der Waals surface area contributed by atoms with Crippen LogP contribution >= 0.6 is 0 Å². The number of ether oxygens (including phenoxy) is 2. The third-order valence-electron chi connectivity index (χ3n) is 4.68. The highest BCUT2D eigenvalue weighted by Crippen LogP contribution is 2.38. The zero-order valence-corrected chi connectivity index (χ0v) is 15.6. The van der Waals surface area contributed by atoms with Crippen molar-refractivity contribution in [2.45, 2.75) is 52.4 Å². The summed E-state index contributed by atoms with van der Waals surface area (Å²) in [6.45, 7) is 4.91. The molecular formula is C22H27NO3. The van der Waals surface area contributed by atoms with E-state index >= 15 is 0 Å². The molecule has 0 radical (unpaired) electrons. The number of fused-ring (bicyclic) bond motifs is 1. The zero-order valence-electron chi connectivity index (χ0n) is 15.6. The van der Waals surface area contributed by atoms with Crippen LogP contribution in [0.5, 0.6) is 5.75 Å². The Morgan fingerprint density at radius 2 is 2.12 bits per heavy atom. The zero-order chi connectivity index (χ0) is 18.4. The number of rotatable bonds is 8. The Bertz CT molecular complexity index is 755. The van der Waals surface area contributed by atoms with E-state index in [-0.39, 0.29) is 5.75 Å². The van der Waals surface area contributed by atoms with Crippen molar-refractivity contribution in [2.24, 2.45) is 0 Å². The van der Waals surface area contributed by atoms with Crippen LogP contribution in [0.3, 0.4) is 0 Å². The quantitative estimate of drug-likeness (QED) is 0.654. The fourth-order valence-electron chi connectivity index (χ4n) is 3.17. The fraction of sp³-hybridized carbons (Fsp3) is 0.409. The van der Waals surface area contributed by atoms with Crippen LogP contribution in [0.2, 0.25) is 0 Å². The van der Waals surface area contributed by atoms with Gasteiger partial charge in [0.15, 0.2) is 6.29 Å². The maximum Gasteiger partial charge on any atom is 0.188 e. The number of hydrogen-bond donors (Lipinski definition) is 1. The summed E-state index contributed by atoms with van der Waals surface area (Å²) in [6.07, 6.45) is 7.98. The minimum absolute atomic E-state index is 0.185. The minimum Gasteiger partial charge on any atom is -0.506 e. The molecule has 138 valence electrons. The molecule has 0 saturated carbocycles. The van der Waals surface area contributed by atoms with Crippen molar-refractivity contribution in [1.82, 2.24) is 4.98 Å². The van der Waals surface area contributed by atoms with Gasteiger partial charge in [-0.1, -0.05) is 56.2 Å². The van der Waals surface area contributed by atoms with Crippen molar-refractivity contribution in [3.8, 4) is 5.75 Å². The second-order valence-electron chi connectivity index (χ2n) is 6.76. The Hall–Kier alpha value is -2.17. The molecule has 1 atom stereocenters. The number of pyridine rings is 1. The van der Waals surface area contributed by atoms with E-state index < -0.39 is 6.29 Å². The first-order valence-electron chi connectivity index (χ1n) is 9.34. The molecule has 1 aliphatic rings. The average molecular weight is 353 g/mol. The molecule has 26 heavy (non-hydrogen) atoms. The summed E-state index contributed by atoms with van der Waals surface area (Å²) < 4.78 is 11.8. The normalized spacial score (nSPS) is 16.7. The van der Waals surface area contributed by atoms with Crippen molar-refractivity contribution in [3.63, 3.8) is 0 Å². The third-order valence-corrected chi connectivity index (χ3v) is 4.68. The number of aryl methyl sites for hydroxylation is 1. The molecule has 0 aliphatic carbocycles. The maximum atomic E-state index is 10.3. The molecule has 1 N–H and O–H groups in total. The maximum absolute atomic E-state index is 10.3. The van der Waals surface area contributed by atoms with Crippen molar-refractivity contribution < 1.29 is 14.6 Å². The summed E-state index contributed by atoms with van der Waals surface area (Å²) >= 11 is 0. The van der Waals surface area contributed by atoms with Gasteiger partial charge in [0.1, 0.15) is 5.75 Å². The summed E-state index contributed by atoms with van der Waals surface area (Å²) in [6, 6.07) is 10.3. The highest BCUT2D eigenvalue weighted by Gasteiger charge is 2.29. The van der Waals surface area contributed by atoms with Gasteiger partial charge in [-0.3, -0.25) is 4.98 Å². The van der Waals surface area contributed by atoms with E-state index in [2.05, 4.69) is 30.1 Å². The molecule has 2 heterocycles. The SMILES string of the molecule is CCCCC/C(=C\c1ccccc1)COC1OCc2cnc(C)c(O)c21. The van der Waals surface area contributed by atoms with Gasteiger partial charge < -0.3 is 14.6 Å². The van der Waals surface area contributed by atoms with Crippen LogP contribution in [0.1, 0.15) is 61.3 Å². The van der Waals surface area contributed by atoms with Gasteiger partial charge in [0, 0.05) is 11.8 Å². The summed E-state index contributed by atoms with van der Waals surface area (Å²) in [5, 5.41) is 10.3. The van der Waals surface area contributed by atoms with E-state index in [1.165, 1.54) is 24.0 Å². The van der Waals surface area contributed by atoms with Gasteiger partial charge in [-0.05, 0) is 30.9 Å². The van der Waals surface area contributed by atoms with Crippen LogP contribution in [-0.4, -0.2) is 16.7 Å². The van der Waals surface area contributed by atoms with Crippen LogP contribution < -0.4 is 0 Å². The van der Waals surface area contributed by atoms with Crippen molar-refractivity contribution in [3.05, 3.63) is 64.5 Å². The standard InChI is InChI=1S/C22H27NO3/c1-3-4-6-11-18(12-17-9-7-5-8-10-17)14-25-22-20-19(15-26-22)13-23-16(2)21(20)24/h5,7-10,12-13,22,24H,3-4,6,11,14-15H2,1-2H3/b18-12+. The van der Waals surface area contributed by atoms with Crippen molar-refractivity contribution in [1.29, 1.82) is 0 Å². The van der Waals surface area contributed by atoms with Gasteiger partial charge in [-0.25, -0.2) is 0 Å². The predicted octanol–water partition coefficient (Wildman–Crippen LogP) is 5.30. The van der Waals surface area contributed by atoms with Gasteiger partial charge in [-0.15, -0.1) is 0 Å². The number of unbranched alkanes of at least 4 members (excludes halogenated alkanes) is 2. The molecule has 0 bridgehead atoms. The molecule has 1 aromatic heterocycles. The Kier molecular flexibility index (Phi) is 6.42. The lowest BCUT2D eigenvalue weighted by Crippen LogP contribution is -2.07. The molecule has 4 nitrogen and oxygen atoms in total. The van der Waals surface area contributed by atoms with Gasteiger partial charge in [0.25, 0.3) is 0 Å². The van der Waals surface area contributed by atoms with Crippen molar-refractivity contribution in [2.75, 3.05) is 6.61 Å². The number of aromatic nitrogens is 1. The van der Waals surface area contributed by atoms with Crippen LogP contribution in [0.25, 0.3) is 6.08 Å². The van der Waals surface area contributed by atoms with Gasteiger partial charge in [-0.2, -0.15) is 0 Å². The van der Waals surface area contributed by atoms with Gasteiger partial charge in [0.05, 0.1) is 24.5 Å². The number of nitrogens with zero attached hydrogens (tertiary/aromatic N) is 1. The van der Waals surface area contributed by atoms with Crippen LogP contribution in [-0.2, 0) is 16.1 Å². The molecule has 1 aliphatic heterocycles. The lowest BCUT2D eigenvalue weighted by atomic mass is 10.0. The Balaban J connectivity index is 1.71. The first kappa shape index (κ1) is 18.6. The van der Waals surface area contributed by atoms with E-state index in [4.69, 9.17) is 9.47 Å². The van der Waals surface area contributed by atoms with E-state index in [0.29, 0.717) is 18.9 Å². The molecule has 4 heteroatoms. The molecule has 1 aromatic carbocycles. The number of hydrogen-bond acceptors (Lipinski definition) is 4. The molecule has 0 spiro atoms. The second-order valence-corrected chi connectivity index (χ2v) is 6.76. The molecule has 3 rings (SSSR count). The molecular weight excluding hydrogens is 326 g/mol. The summed E-state index contributed by atoms with van der Waals surface area (Å²) in [5.74, 6) is 0.185. The fourth-order valence-corrected chi connectivity index (χ4v) is 3.17. The van der Waals surface area contributed by atoms with Crippen LogP contribution in [0, 0.1) is 6.92 Å². The van der Waals surface area contributed by atoms with Crippen LogP contribution in [0.4, 0.5) is 0 Å². The number of aromatic hydroxyl groups is 1. The smallest absolute Gasteiger partial charge is 0.188 e. The monoisotopic (exact) mass is 353 g/mol. The van der Waals surface area contributed by atoms with E-state index in [0.717, 1.165) is 24.0 Å². The molecule has 0 amide bonds. The topological polar surface area (TPSA) is 51.6 Å². The largest absolute Gasteiger partial charge is 0.506 e. The first-order valence-corrected chi connectivity index (χ1v) is 9.34. The van der Waals surface area contributed by atoms with Gasteiger partial charge in [0.2, 0.25) is 0 Å². The third kappa shape index (κ3) is 4.51. The molecule has 2 aromatic rings. The van der Waals surface area contributed by atoms with E-state index in [1.54, 1.807) is 13.1 Å². The van der Waals surface area contributed by atoms with E-state index in [1.807, 2.05) is 18.2 Å². The Morgan fingerprint density at radius 1 is 1.31 bits per heavy atom. The van der Waals surface area contributed by atoms with E-state index in [9.17, 15) is 5.11 Å². The lowest BCUT2D eigenvalue weighted by Gasteiger charge is -2.16. The highest BCUT2D eigenvalue weighted by molar-refractivity contribution is 5.52. The van der Waals surface area contributed by atoms with Crippen LogP contribution in [0.15, 0.2) is 42.1 Å². The molecule has 0 saturated heterocycles. The summed E-state index contributed by atoms with van der Waals surface area (Å²) in [5.41, 5.74) is 4.65. The lowest BCUT2D eigenvalue weighted by molar-refractivity contribution is -0.132. The first-order chi connectivity index (χ1) is 12.7. The predicted molar refractivity (Wildman–Crippen MR) is 103 cm³/mol. The summed E-state index contributed by atoms with van der Waals surface area (Å²) in [4.78, 5) is 4.19. The molecule has 0 fully saturated rings. The summed E-state index contributed by atoms with van der Waals surface area (Å²) in [7, 11) is 0. The van der Waals surface area contributed by atoms with Crippen molar-refractivity contribution >= 4 is 6.08 Å². The number of benzene rings is 1. The average Bonchev–Trinajstić information content (AvgIpc) is 3.07. The van der Waals surface area contributed by atoms with Gasteiger partial charge >= 0.3 is 0 Å². The molecule has 1 unspecified atom stereocenters. The highest BCUT2D eigenvalue weighted by atomic mass is 16.7. The minimum atomic E-state index is -0.531. The Morgan fingerprint density at radius 3 is 2.88 bits per heavy atom. The second kappa shape index (κ2) is 8.97.